The monoisotopic (exact) mass is 385 g/mol. The van der Waals surface area contributed by atoms with E-state index in [0.29, 0.717) is 31.5 Å². The first-order chi connectivity index (χ1) is 12.4. The molecule has 0 unspecified atom stereocenters. The highest BCUT2D eigenvalue weighted by atomic mass is 32.2. The van der Waals surface area contributed by atoms with E-state index in [2.05, 4.69) is 34.6 Å². The van der Waals surface area contributed by atoms with Gasteiger partial charge in [0.1, 0.15) is 6.54 Å². The highest BCUT2D eigenvalue weighted by Crippen LogP contribution is 2.16. The van der Waals surface area contributed by atoms with Crippen LogP contribution in [0.15, 0.2) is 15.6 Å². The lowest BCUT2D eigenvalue weighted by atomic mass is 10.1. The molecule has 1 saturated heterocycles. The molecule has 2 heterocycles. The molecule has 0 radical (unpaired) electrons. The third kappa shape index (κ3) is 5.70. The second-order valence-corrected chi connectivity index (χ2v) is 9.04. The Labute approximate surface area is 156 Å². The molecule has 0 spiro atoms. The standard InChI is InChI=1S/C17H31N5O3S/c1-5-18-17(19-12-15-11-16(13(3)4)21-25-15)20-14-7-9-22(10-8-14)26(23,24)6-2/h11,13-14H,5-10,12H2,1-4H3,(H2,18,19,20). The molecular weight excluding hydrogens is 354 g/mol. The first kappa shape index (κ1) is 20.7. The third-order valence-corrected chi connectivity index (χ3v) is 6.34. The van der Waals surface area contributed by atoms with Crippen molar-refractivity contribution in [2.24, 2.45) is 4.99 Å². The minimum absolute atomic E-state index is 0.157. The van der Waals surface area contributed by atoms with Crippen molar-refractivity contribution < 1.29 is 12.9 Å². The minimum Gasteiger partial charge on any atom is -0.359 e. The number of nitrogens with one attached hydrogen (secondary N) is 2. The Morgan fingerprint density at radius 3 is 2.62 bits per heavy atom. The van der Waals surface area contributed by atoms with Crippen LogP contribution < -0.4 is 10.6 Å². The van der Waals surface area contributed by atoms with Crippen molar-refractivity contribution in [3.05, 3.63) is 17.5 Å². The number of nitrogens with zero attached hydrogens (tertiary/aromatic N) is 3. The van der Waals surface area contributed by atoms with Gasteiger partial charge in [-0.3, -0.25) is 0 Å². The first-order valence-electron chi connectivity index (χ1n) is 9.33. The summed E-state index contributed by atoms with van der Waals surface area (Å²) in [6.45, 7) is 10.1. The second kappa shape index (κ2) is 9.36. The molecule has 0 aliphatic carbocycles. The zero-order chi connectivity index (χ0) is 19.2. The lowest BCUT2D eigenvalue weighted by molar-refractivity contribution is 0.306. The van der Waals surface area contributed by atoms with Gasteiger partial charge < -0.3 is 15.2 Å². The van der Waals surface area contributed by atoms with E-state index < -0.39 is 10.0 Å². The molecule has 2 rings (SSSR count). The molecule has 1 aromatic heterocycles. The van der Waals surface area contributed by atoms with E-state index in [1.165, 1.54) is 0 Å². The van der Waals surface area contributed by atoms with E-state index in [0.717, 1.165) is 30.8 Å². The lowest BCUT2D eigenvalue weighted by Crippen LogP contribution is -2.50. The van der Waals surface area contributed by atoms with E-state index >= 15 is 0 Å². The predicted octanol–water partition coefficient (Wildman–Crippen LogP) is 1.67. The summed E-state index contributed by atoms with van der Waals surface area (Å²) in [5, 5.41) is 10.7. The predicted molar refractivity (Wildman–Crippen MR) is 103 cm³/mol. The highest BCUT2D eigenvalue weighted by molar-refractivity contribution is 7.89. The third-order valence-electron chi connectivity index (χ3n) is 4.46. The van der Waals surface area contributed by atoms with E-state index in [1.54, 1.807) is 11.2 Å². The zero-order valence-electron chi connectivity index (χ0n) is 16.2. The molecule has 148 valence electrons. The van der Waals surface area contributed by atoms with Crippen LogP contribution in [0.4, 0.5) is 0 Å². The van der Waals surface area contributed by atoms with Crippen LogP contribution in [0.2, 0.25) is 0 Å². The minimum atomic E-state index is -3.09. The summed E-state index contributed by atoms with van der Waals surface area (Å²) in [6, 6.07) is 2.14. The number of rotatable bonds is 7. The van der Waals surface area contributed by atoms with Crippen molar-refractivity contribution in [1.29, 1.82) is 0 Å². The molecule has 8 nitrogen and oxygen atoms in total. The van der Waals surface area contributed by atoms with Crippen molar-refractivity contribution in [3.8, 4) is 0 Å². The Balaban J connectivity index is 1.91. The topological polar surface area (TPSA) is 99.8 Å². The number of hydrogen-bond acceptors (Lipinski definition) is 5. The summed E-state index contributed by atoms with van der Waals surface area (Å²) in [6.07, 6.45) is 1.53. The van der Waals surface area contributed by atoms with Gasteiger partial charge in [0.2, 0.25) is 10.0 Å². The summed E-state index contributed by atoms with van der Waals surface area (Å²) in [5.74, 6) is 1.93. The van der Waals surface area contributed by atoms with Crippen LogP contribution in [-0.4, -0.2) is 55.3 Å². The Morgan fingerprint density at radius 1 is 1.38 bits per heavy atom. The van der Waals surface area contributed by atoms with Crippen molar-refractivity contribution in [2.75, 3.05) is 25.4 Å². The molecule has 9 heteroatoms. The van der Waals surface area contributed by atoms with E-state index in [1.807, 2.05) is 13.0 Å². The summed E-state index contributed by atoms with van der Waals surface area (Å²) < 4.78 is 30.8. The molecule has 0 amide bonds. The van der Waals surface area contributed by atoms with Crippen LogP contribution in [0, 0.1) is 0 Å². The van der Waals surface area contributed by atoms with E-state index in [4.69, 9.17) is 4.52 Å². The van der Waals surface area contributed by atoms with Gasteiger partial charge in [-0.05, 0) is 32.6 Å². The SMILES string of the molecule is CCNC(=NCc1cc(C(C)C)no1)NC1CCN(S(=O)(=O)CC)CC1. The lowest BCUT2D eigenvalue weighted by Gasteiger charge is -2.32. The average molecular weight is 386 g/mol. The molecule has 1 aliphatic rings. The molecule has 1 aromatic rings. The van der Waals surface area contributed by atoms with Crippen LogP contribution in [0.5, 0.6) is 0 Å². The van der Waals surface area contributed by atoms with E-state index in [-0.39, 0.29) is 11.8 Å². The Kier molecular flexibility index (Phi) is 7.45. The molecule has 0 bridgehead atoms. The quantitative estimate of drug-likeness (QED) is 0.547. The van der Waals surface area contributed by atoms with E-state index in [9.17, 15) is 8.42 Å². The van der Waals surface area contributed by atoms with Crippen molar-refractivity contribution in [3.63, 3.8) is 0 Å². The largest absolute Gasteiger partial charge is 0.359 e. The Bertz CT molecular complexity index is 691. The Hall–Kier alpha value is -1.61. The van der Waals surface area contributed by atoms with Crippen molar-refractivity contribution in [1.82, 2.24) is 20.1 Å². The van der Waals surface area contributed by atoms with Gasteiger partial charge in [-0.15, -0.1) is 0 Å². The average Bonchev–Trinajstić information content (AvgIpc) is 3.10. The van der Waals surface area contributed by atoms with Gasteiger partial charge in [-0.25, -0.2) is 17.7 Å². The molecule has 2 N–H and O–H groups in total. The summed E-state index contributed by atoms with van der Waals surface area (Å²) in [4.78, 5) is 4.56. The number of piperidine rings is 1. The summed E-state index contributed by atoms with van der Waals surface area (Å²) in [7, 11) is -3.09. The Morgan fingerprint density at radius 2 is 2.08 bits per heavy atom. The number of guanidine groups is 1. The van der Waals surface area contributed by atoms with Gasteiger partial charge in [-0.1, -0.05) is 19.0 Å². The van der Waals surface area contributed by atoms with Crippen LogP contribution in [0.25, 0.3) is 0 Å². The van der Waals surface area contributed by atoms with Gasteiger partial charge in [0.25, 0.3) is 0 Å². The fraction of sp³-hybridized carbons (Fsp3) is 0.765. The van der Waals surface area contributed by atoms with Gasteiger partial charge in [0.05, 0.1) is 11.4 Å². The molecule has 1 fully saturated rings. The van der Waals surface area contributed by atoms with Crippen LogP contribution in [0.1, 0.15) is 57.9 Å². The van der Waals surface area contributed by atoms with Crippen LogP contribution in [-0.2, 0) is 16.6 Å². The fourth-order valence-electron chi connectivity index (χ4n) is 2.81. The molecule has 0 atom stereocenters. The van der Waals surface area contributed by atoms with Gasteiger partial charge in [-0.2, -0.15) is 0 Å². The van der Waals surface area contributed by atoms with Crippen molar-refractivity contribution >= 4 is 16.0 Å². The smallest absolute Gasteiger partial charge is 0.213 e. The number of aromatic nitrogens is 1. The molecular formula is C17H31N5O3S. The summed E-state index contributed by atoms with van der Waals surface area (Å²) >= 11 is 0. The number of hydrogen-bond donors (Lipinski definition) is 2. The van der Waals surface area contributed by atoms with Crippen LogP contribution >= 0.6 is 0 Å². The molecule has 1 aliphatic heterocycles. The maximum absolute atomic E-state index is 11.9. The first-order valence-corrected chi connectivity index (χ1v) is 10.9. The maximum Gasteiger partial charge on any atom is 0.213 e. The molecule has 0 aromatic carbocycles. The van der Waals surface area contributed by atoms with Gasteiger partial charge in [0.15, 0.2) is 11.7 Å². The zero-order valence-corrected chi connectivity index (χ0v) is 17.0. The normalized spacial score (nSPS) is 17.7. The number of aliphatic imine (C=N–C) groups is 1. The van der Waals surface area contributed by atoms with Gasteiger partial charge >= 0.3 is 0 Å². The van der Waals surface area contributed by atoms with Crippen LogP contribution in [0.3, 0.4) is 0 Å². The number of sulfonamides is 1. The second-order valence-electron chi connectivity index (χ2n) is 6.79. The fourth-order valence-corrected chi connectivity index (χ4v) is 3.94. The molecule has 26 heavy (non-hydrogen) atoms. The highest BCUT2D eigenvalue weighted by Gasteiger charge is 2.27. The summed E-state index contributed by atoms with van der Waals surface area (Å²) in [5.41, 5.74) is 0.928. The van der Waals surface area contributed by atoms with Gasteiger partial charge in [0, 0.05) is 31.7 Å². The van der Waals surface area contributed by atoms with Crippen molar-refractivity contribution in [2.45, 2.75) is 59.0 Å². The molecule has 0 saturated carbocycles. The maximum atomic E-state index is 11.9.